The van der Waals surface area contributed by atoms with Crippen LogP contribution in [0.1, 0.15) is 44.7 Å². The lowest BCUT2D eigenvalue weighted by Crippen LogP contribution is -2.23. The van der Waals surface area contributed by atoms with Gasteiger partial charge in [-0.05, 0) is 50.5 Å². The van der Waals surface area contributed by atoms with Gasteiger partial charge in [0.25, 0.3) is 0 Å². The zero-order chi connectivity index (χ0) is 19.1. The third kappa shape index (κ3) is 3.55. The Labute approximate surface area is 169 Å². The lowest BCUT2D eigenvalue weighted by molar-refractivity contribution is 0.555. The summed E-state index contributed by atoms with van der Waals surface area (Å²) in [5, 5.41) is 8.15. The van der Waals surface area contributed by atoms with Crippen LogP contribution in [-0.2, 0) is 0 Å². The van der Waals surface area contributed by atoms with Crippen molar-refractivity contribution in [3.05, 3.63) is 24.2 Å². The summed E-state index contributed by atoms with van der Waals surface area (Å²) < 4.78 is 1.14. The summed E-state index contributed by atoms with van der Waals surface area (Å²) in [6.07, 6.45) is 10.0. The van der Waals surface area contributed by atoms with Crippen molar-refractivity contribution in [1.29, 1.82) is 0 Å². The Morgan fingerprint density at radius 3 is 2.79 bits per heavy atom. The summed E-state index contributed by atoms with van der Waals surface area (Å²) >= 11 is 1.68. The maximum atomic E-state index is 4.90. The first kappa shape index (κ1) is 17.8. The molecule has 0 amide bonds. The molecular weight excluding hydrogens is 368 g/mol. The van der Waals surface area contributed by atoms with Crippen LogP contribution in [0.15, 0.2) is 18.5 Å². The van der Waals surface area contributed by atoms with Gasteiger partial charge in [-0.1, -0.05) is 13.3 Å². The van der Waals surface area contributed by atoms with E-state index < -0.39 is 0 Å². The van der Waals surface area contributed by atoms with Crippen molar-refractivity contribution in [3.63, 3.8) is 0 Å². The maximum Gasteiger partial charge on any atom is 0.224 e. The van der Waals surface area contributed by atoms with Gasteiger partial charge < -0.3 is 10.6 Å². The summed E-state index contributed by atoms with van der Waals surface area (Å²) in [7, 11) is 0. The second-order valence-corrected chi connectivity index (χ2v) is 9.23. The number of fused-ring (bicyclic) bond motifs is 1. The molecule has 0 spiro atoms. The number of thiazole rings is 1. The molecule has 1 unspecified atom stereocenters. The normalized spacial score (nSPS) is 21.9. The average Bonchev–Trinajstić information content (AvgIpc) is 3.29. The number of nitrogens with zero attached hydrogens (tertiary/aromatic N) is 4. The SMILES string of the molecule is Cc1nc(NCC2CC2)nc(NC2CCC[C@@H]2C)c1-c1nc2cnccc2s1. The van der Waals surface area contributed by atoms with Crippen molar-refractivity contribution in [2.45, 2.75) is 52.0 Å². The Hall–Kier alpha value is -2.28. The van der Waals surface area contributed by atoms with Gasteiger partial charge in [0.15, 0.2) is 0 Å². The highest BCUT2D eigenvalue weighted by Crippen LogP contribution is 2.38. The second kappa shape index (κ2) is 7.28. The molecule has 2 saturated carbocycles. The van der Waals surface area contributed by atoms with E-state index >= 15 is 0 Å². The third-order valence-electron chi connectivity index (χ3n) is 5.92. The topological polar surface area (TPSA) is 75.6 Å². The first-order chi connectivity index (χ1) is 13.7. The minimum absolute atomic E-state index is 0.459. The van der Waals surface area contributed by atoms with E-state index in [1.807, 2.05) is 18.5 Å². The molecule has 3 aromatic heterocycles. The molecule has 3 heterocycles. The van der Waals surface area contributed by atoms with E-state index in [0.717, 1.165) is 50.7 Å². The summed E-state index contributed by atoms with van der Waals surface area (Å²) in [6.45, 7) is 5.35. The molecule has 28 heavy (non-hydrogen) atoms. The van der Waals surface area contributed by atoms with Crippen molar-refractivity contribution in [2.24, 2.45) is 11.8 Å². The standard InChI is InChI=1S/C21H26N6S/c1-12-4-3-5-15(12)25-19-18(20-26-16-11-22-9-8-17(16)28-20)13(2)24-21(27-19)23-10-14-6-7-14/h8-9,11-12,14-15H,3-7,10H2,1-2H3,(H2,23,24,25,27)/t12-,15?/m0/s1. The number of anilines is 2. The Morgan fingerprint density at radius 1 is 1.14 bits per heavy atom. The number of hydrogen-bond acceptors (Lipinski definition) is 7. The average molecular weight is 395 g/mol. The van der Waals surface area contributed by atoms with Gasteiger partial charge in [0.2, 0.25) is 5.95 Å². The predicted octanol–water partition coefficient (Wildman–Crippen LogP) is 4.88. The lowest BCUT2D eigenvalue weighted by atomic mass is 10.1. The molecule has 0 bridgehead atoms. The molecule has 2 N–H and O–H groups in total. The van der Waals surface area contributed by atoms with Crippen LogP contribution in [0.3, 0.4) is 0 Å². The first-order valence-corrected chi connectivity index (χ1v) is 11.1. The molecule has 0 saturated heterocycles. The minimum Gasteiger partial charge on any atom is -0.366 e. The van der Waals surface area contributed by atoms with E-state index in [9.17, 15) is 0 Å². The largest absolute Gasteiger partial charge is 0.366 e. The zero-order valence-electron chi connectivity index (χ0n) is 16.4. The number of pyridine rings is 1. The molecule has 6 nitrogen and oxygen atoms in total. The van der Waals surface area contributed by atoms with Gasteiger partial charge in [0.05, 0.1) is 22.2 Å². The van der Waals surface area contributed by atoms with Crippen LogP contribution in [-0.4, -0.2) is 32.5 Å². The molecule has 5 rings (SSSR count). The quantitative estimate of drug-likeness (QED) is 0.621. The van der Waals surface area contributed by atoms with Crippen molar-refractivity contribution >= 4 is 33.3 Å². The van der Waals surface area contributed by atoms with Gasteiger partial charge in [-0.3, -0.25) is 4.98 Å². The summed E-state index contributed by atoms with van der Waals surface area (Å²) in [5.74, 6) is 3.08. The molecule has 2 fully saturated rings. The van der Waals surface area contributed by atoms with Gasteiger partial charge in [0, 0.05) is 18.8 Å². The van der Waals surface area contributed by atoms with Crippen LogP contribution in [0.5, 0.6) is 0 Å². The molecule has 3 aromatic rings. The molecule has 146 valence electrons. The zero-order valence-corrected chi connectivity index (χ0v) is 17.2. The fourth-order valence-electron chi connectivity index (χ4n) is 3.99. The highest BCUT2D eigenvalue weighted by molar-refractivity contribution is 7.21. The molecule has 2 atom stereocenters. The van der Waals surface area contributed by atoms with Crippen LogP contribution >= 0.6 is 11.3 Å². The van der Waals surface area contributed by atoms with E-state index in [-0.39, 0.29) is 0 Å². The van der Waals surface area contributed by atoms with E-state index in [2.05, 4.69) is 29.5 Å². The summed E-state index contributed by atoms with van der Waals surface area (Å²) in [6, 6.07) is 2.48. The number of hydrogen-bond donors (Lipinski definition) is 2. The number of aromatic nitrogens is 4. The smallest absolute Gasteiger partial charge is 0.224 e. The summed E-state index contributed by atoms with van der Waals surface area (Å²) in [4.78, 5) is 18.7. The van der Waals surface area contributed by atoms with Crippen LogP contribution < -0.4 is 10.6 Å². The summed E-state index contributed by atoms with van der Waals surface area (Å²) in [5.41, 5.74) is 2.92. The van der Waals surface area contributed by atoms with Gasteiger partial charge in [0.1, 0.15) is 16.3 Å². The minimum atomic E-state index is 0.459. The van der Waals surface area contributed by atoms with E-state index in [1.54, 1.807) is 11.3 Å². The van der Waals surface area contributed by atoms with Crippen LogP contribution in [0.25, 0.3) is 20.8 Å². The van der Waals surface area contributed by atoms with Crippen molar-refractivity contribution < 1.29 is 0 Å². The fourth-order valence-corrected chi connectivity index (χ4v) is 5.02. The van der Waals surface area contributed by atoms with Gasteiger partial charge in [-0.2, -0.15) is 4.98 Å². The van der Waals surface area contributed by atoms with Crippen LogP contribution in [0.4, 0.5) is 11.8 Å². The maximum absolute atomic E-state index is 4.90. The third-order valence-corrected chi connectivity index (χ3v) is 6.98. The molecule has 2 aliphatic carbocycles. The second-order valence-electron chi connectivity index (χ2n) is 8.20. The molecular formula is C21H26N6S. The molecule has 0 aliphatic heterocycles. The molecule has 0 aromatic carbocycles. The van der Waals surface area contributed by atoms with E-state index in [0.29, 0.717) is 12.0 Å². The van der Waals surface area contributed by atoms with E-state index in [1.165, 1.54) is 32.1 Å². The van der Waals surface area contributed by atoms with Crippen molar-refractivity contribution in [2.75, 3.05) is 17.2 Å². The first-order valence-electron chi connectivity index (χ1n) is 10.3. The fraction of sp³-hybridized carbons (Fsp3) is 0.524. The van der Waals surface area contributed by atoms with E-state index in [4.69, 9.17) is 15.0 Å². The predicted molar refractivity (Wildman–Crippen MR) is 115 cm³/mol. The Bertz CT molecular complexity index is 963. The Balaban J connectivity index is 1.54. The highest BCUT2D eigenvalue weighted by atomic mass is 32.1. The van der Waals surface area contributed by atoms with Crippen LogP contribution in [0, 0.1) is 18.8 Å². The molecule has 0 radical (unpaired) electrons. The number of rotatable bonds is 6. The van der Waals surface area contributed by atoms with Gasteiger partial charge in [-0.25, -0.2) is 9.97 Å². The lowest BCUT2D eigenvalue weighted by Gasteiger charge is -2.21. The highest BCUT2D eigenvalue weighted by Gasteiger charge is 2.27. The Kier molecular flexibility index (Phi) is 4.62. The van der Waals surface area contributed by atoms with Gasteiger partial charge >= 0.3 is 0 Å². The number of nitrogens with one attached hydrogen (secondary N) is 2. The Morgan fingerprint density at radius 2 is 2.04 bits per heavy atom. The molecule has 2 aliphatic rings. The van der Waals surface area contributed by atoms with Crippen molar-refractivity contribution in [1.82, 2.24) is 19.9 Å². The monoisotopic (exact) mass is 394 g/mol. The number of aryl methyl sites for hydroxylation is 1. The van der Waals surface area contributed by atoms with Crippen LogP contribution in [0.2, 0.25) is 0 Å². The molecule has 7 heteroatoms. The van der Waals surface area contributed by atoms with Crippen molar-refractivity contribution in [3.8, 4) is 10.6 Å². The van der Waals surface area contributed by atoms with Gasteiger partial charge in [-0.15, -0.1) is 11.3 Å².